The number of anilines is 1. The van der Waals surface area contributed by atoms with Crippen molar-refractivity contribution in [3.05, 3.63) is 94.3 Å². The number of carbonyl (C=O) groups is 2. The van der Waals surface area contributed by atoms with Crippen LogP contribution in [0.25, 0.3) is 0 Å². The van der Waals surface area contributed by atoms with Crippen LogP contribution in [0.15, 0.2) is 53.4 Å². The van der Waals surface area contributed by atoms with E-state index in [9.17, 15) is 31.5 Å². The topological polar surface area (TPSA) is 93.1 Å². The molecule has 0 aromatic heterocycles. The van der Waals surface area contributed by atoms with Crippen molar-refractivity contribution in [3.8, 4) is 0 Å². The molecule has 1 fully saturated rings. The number of hydrogen-bond donors (Lipinski definition) is 3. The van der Waals surface area contributed by atoms with E-state index in [4.69, 9.17) is 10.3 Å². The maximum absolute atomic E-state index is 14.2. The summed E-state index contributed by atoms with van der Waals surface area (Å²) in [7, 11) is 2.28. The molecule has 0 aliphatic heterocycles. The molecule has 0 heterocycles. The van der Waals surface area contributed by atoms with Crippen LogP contribution in [0.3, 0.4) is 0 Å². The molecule has 3 aromatic rings. The number of amides is 2. The second kappa shape index (κ2) is 15.8. The fourth-order valence-electron chi connectivity index (χ4n) is 4.82. The minimum atomic E-state index is -2.26. The lowest BCUT2D eigenvalue weighted by atomic mass is 9.84. The Bertz CT molecular complexity index is 1380. The van der Waals surface area contributed by atoms with Gasteiger partial charge in [-0.1, -0.05) is 43.5 Å². The Morgan fingerprint density at radius 1 is 0.837 bits per heavy atom. The van der Waals surface area contributed by atoms with E-state index in [1.54, 1.807) is 0 Å². The summed E-state index contributed by atoms with van der Waals surface area (Å²) >= 11 is 0.217. The Morgan fingerprint density at radius 3 is 1.91 bits per heavy atom. The van der Waals surface area contributed by atoms with Crippen molar-refractivity contribution in [1.29, 1.82) is 0 Å². The first-order valence-corrected chi connectivity index (χ1v) is 14.2. The number of hydrogen-bond acceptors (Lipinski definition) is 6. The van der Waals surface area contributed by atoms with Gasteiger partial charge in [0, 0.05) is 18.4 Å². The van der Waals surface area contributed by atoms with Gasteiger partial charge in [-0.15, -0.1) is 0 Å². The number of nitrogens with one attached hydrogen (secondary N) is 1. The first-order chi connectivity index (χ1) is 20.6. The molecule has 0 bridgehead atoms. The highest BCUT2D eigenvalue weighted by atomic mass is 32.2. The van der Waals surface area contributed by atoms with Crippen LogP contribution in [-0.4, -0.2) is 47.1 Å². The van der Waals surface area contributed by atoms with Crippen LogP contribution in [0, 0.1) is 29.1 Å². The van der Waals surface area contributed by atoms with E-state index < -0.39 is 52.3 Å². The number of likely N-dealkylation sites (N-methyl/N-ethyl adjacent to an activating group) is 1. The van der Waals surface area contributed by atoms with E-state index in [0.717, 1.165) is 29.8 Å². The smallest absolute Gasteiger partial charge is 0.274 e. The first-order valence-electron chi connectivity index (χ1n) is 13.4. The summed E-state index contributed by atoms with van der Waals surface area (Å²) < 4.78 is 70.2. The predicted molar refractivity (Wildman–Crippen MR) is 152 cm³/mol. The fourth-order valence-corrected chi connectivity index (χ4v) is 5.65. The molecular formula is C30H32F5N3O4S. The summed E-state index contributed by atoms with van der Waals surface area (Å²) in [6.07, 6.45) is 5.88. The van der Waals surface area contributed by atoms with Gasteiger partial charge in [0.05, 0.1) is 13.1 Å². The molecular weight excluding hydrogens is 593 g/mol. The number of aliphatic hydroxyl groups is 1. The zero-order valence-electron chi connectivity index (χ0n) is 23.5. The van der Waals surface area contributed by atoms with Gasteiger partial charge in [0.1, 0.15) is 4.90 Å². The molecule has 0 spiro atoms. The van der Waals surface area contributed by atoms with Crippen LogP contribution in [0.1, 0.15) is 59.5 Å². The molecule has 232 valence electrons. The lowest BCUT2D eigenvalue weighted by molar-refractivity contribution is -0.118. The summed E-state index contributed by atoms with van der Waals surface area (Å²) in [4.78, 5) is 25.4. The van der Waals surface area contributed by atoms with Crippen molar-refractivity contribution >= 4 is 29.4 Å². The lowest BCUT2D eigenvalue weighted by Gasteiger charge is -2.26. The van der Waals surface area contributed by atoms with Crippen LogP contribution in [-0.2, 0) is 11.3 Å². The maximum Gasteiger partial charge on any atom is 0.274 e. The molecule has 2 amide bonds. The van der Waals surface area contributed by atoms with E-state index in [1.807, 2.05) is 24.3 Å². The summed E-state index contributed by atoms with van der Waals surface area (Å²) in [6.45, 7) is -0.348. The van der Waals surface area contributed by atoms with Crippen molar-refractivity contribution in [2.24, 2.45) is 0 Å². The third-order valence-corrected chi connectivity index (χ3v) is 8.00. The van der Waals surface area contributed by atoms with E-state index >= 15 is 0 Å². The average molecular weight is 626 g/mol. The Kier molecular flexibility index (Phi) is 12.5. The van der Waals surface area contributed by atoms with Gasteiger partial charge in [0.15, 0.2) is 23.3 Å². The third-order valence-electron chi connectivity index (χ3n) is 7.02. The highest BCUT2D eigenvalue weighted by molar-refractivity contribution is 7.97. The van der Waals surface area contributed by atoms with Crippen LogP contribution < -0.4 is 10.4 Å². The first kappa shape index (κ1) is 34.0. The zero-order chi connectivity index (χ0) is 31.7. The molecule has 4 rings (SSSR count). The molecule has 0 unspecified atom stereocenters. The number of benzene rings is 3. The van der Waals surface area contributed by atoms with Crippen LogP contribution in [0.5, 0.6) is 0 Å². The normalized spacial score (nSPS) is 13.3. The maximum atomic E-state index is 14.2. The van der Waals surface area contributed by atoms with Gasteiger partial charge in [0.2, 0.25) is 11.7 Å². The predicted octanol–water partition coefficient (Wildman–Crippen LogP) is 6.33. The molecule has 3 N–H and O–H groups in total. The molecule has 43 heavy (non-hydrogen) atoms. The second-order valence-corrected chi connectivity index (χ2v) is 11.0. The van der Waals surface area contributed by atoms with Gasteiger partial charge in [0.25, 0.3) is 5.91 Å². The summed E-state index contributed by atoms with van der Waals surface area (Å²) in [5, 5.41) is 15.9. The third kappa shape index (κ3) is 8.31. The van der Waals surface area contributed by atoms with Gasteiger partial charge < -0.3 is 10.0 Å². The summed E-state index contributed by atoms with van der Waals surface area (Å²) in [5.74, 6) is -11.2. The molecule has 1 saturated carbocycles. The van der Waals surface area contributed by atoms with Crippen molar-refractivity contribution in [2.45, 2.75) is 49.5 Å². The minimum absolute atomic E-state index is 0.107. The van der Waals surface area contributed by atoms with Gasteiger partial charge in [-0.25, -0.2) is 31.7 Å². The van der Waals surface area contributed by atoms with Gasteiger partial charge in [-0.2, -0.15) is 0 Å². The van der Waals surface area contributed by atoms with E-state index in [-0.39, 0.29) is 24.1 Å². The number of aliphatic hydroxyl groups excluding tert-OH is 1. The van der Waals surface area contributed by atoms with E-state index in [0.29, 0.717) is 11.6 Å². The van der Waals surface area contributed by atoms with E-state index in [2.05, 4.69) is 0 Å². The van der Waals surface area contributed by atoms with Gasteiger partial charge >= 0.3 is 0 Å². The number of hydroxylamine groups is 1. The summed E-state index contributed by atoms with van der Waals surface area (Å²) in [5.41, 5.74) is 4.07. The van der Waals surface area contributed by atoms with Crippen molar-refractivity contribution in [3.63, 3.8) is 0 Å². The largest absolute Gasteiger partial charge is 0.400 e. The van der Waals surface area contributed by atoms with Crippen LogP contribution in [0.2, 0.25) is 0 Å². The Balaban J connectivity index is 0.00000248. The Morgan fingerprint density at radius 2 is 1.37 bits per heavy atom. The van der Waals surface area contributed by atoms with Gasteiger partial charge in [-0.05, 0) is 73.1 Å². The van der Waals surface area contributed by atoms with E-state index in [1.165, 1.54) is 66.5 Å². The Labute approximate surface area is 250 Å². The van der Waals surface area contributed by atoms with Crippen LogP contribution >= 0.6 is 11.9 Å². The summed E-state index contributed by atoms with van der Waals surface area (Å²) in [6, 6.07) is 13.7. The highest BCUT2D eigenvalue weighted by Gasteiger charge is 2.28. The number of carbonyl (C=O) groups excluding carboxylic acids is 2. The minimum Gasteiger partial charge on any atom is -0.400 e. The van der Waals surface area contributed by atoms with Crippen LogP contribution in [0.4, 0.5) is 27.6 Å². The molecule has 0 atom stereocenters. The molecule has 0 saturated heterocycles. The number of rotatable bonds is 9. The lowest BCUT2D eigenvalue weighted by Crippen LogP contribution is -2.37. The molecule has 13 heteroatoms. The second-order valence-electron chi connectivity index (χ2n) is 9.82. The number of nitrogens with zero attached hydrogens (tertiary/aromatic N) is 2. The Hall–Kier alpha value is -3.52. The average Bonchev–Trinajstić information content (AvgIpc) is 3.05. The van der Waals surface area contributed by atoms with Crippen molar-refractivity contribution in [1.82, 2.24) is 9.79 Å². The van der Waals surface area contributed by atoms with Gasteiger partial charge in [-0.3, -0.25) is 14.8 Å². The molecule has 7 nitrogen and oxygen atoms in total. The zero-order valence-corrected chi connectivity index (χ0v) is 24.4. The number of halogens is 5. The van der Waals surface area contributed by atoms with Crippen molar-refractivity contribution in [2.75, 3.05) is 25.6 Å². The molecule has 1 aliphatic rings. The molecule has 0 radical (unpaired) electrons. The molecule has 1 aliphatic carbocycles. The monoisotopic (exact) mass is 625 g/mol. The quantitative estimate of drug-likeness (QED) is 0.0643. The SMILES string of the molecule is CN(CC(=O)N(Cc1ccc(C2CCCCC2)cc1)c1ccc(C(=O)NO)cc1)Sc1c(F)c(F)c(F)c(F)c1F.CO. The standard InChI is InChI=1S/C29H28F5N3O3S.CH4O/c1-36(41-28-26(33)24(31)23(30)25(32)27(28)34)16-22(38)37(21-13-11-20(12-14-21)29(39)35-40)15-17-7-9-19(10-8-17)18-5-3-2-4-6-18;1-2/h7-14,18,40H,2-6,15-16H2,1H3,(H,35,39);2H,1H3. The highest BCUT2D eigenvalue weighted by Crippen LogP contribution is 2.34. The fraction of sp³-hybridized carbons (Fsp3) is 0.333. The molecule has 3 aromatic carbocycles. The van der Waals surface area contributed by atoms with Crippen molar-refractivity contribution < 1.29 is 41.9 Å².